The quantitative estimate of drug-likeness (QED) is 0.763. The molecule has 0 aliphatic carbocycles. The van der Waals surface area contributed by atoms with E-state index >= 15 is 0 Å². The SMILES string of the molecule is C=CC(=O)N1CCC(C(=O)N2CCC(C(=O)NCC(C)C)CC2)CC1. The molecule has 0 aromatic carbocycles. The molecule has 1 N–H and O–H groups in total. The van der Waals surface area contributed by atoms with E-state index in [-0.39, 0.29) is 29.6 Å². The van der Waals surface area contributed by atoms with Crippen LogP contribution in [0.2, 0.25) is 0 Å². The highest BCUT2D eigenvalue weighted by atomic mass is 16.2. The molecule has 0 aromatic heterocycles. The maximum atomic E-state index is 12.7. The van der Waals surface area contributed by atoms with Crippen molar-refractivity contribution in [3.05, 3.63) is 12.7 Å². The van der Waals surface area contributed by atoms with Crippen LogP contribution in [0.5, 0.6) is 0 Å². The standard InChI is InChI=1S/C19H31N3O3/c1-4-17(23)21-9-7-16(8-10-21)19(25)22-11-5-15(6-12-22)18(24)20-13-14(2)3/h4,14-16H,1,5-13H2,2-3H3,(H,20,24). The molecule has 2 aliphatic heterocycles. The van der Waals surface area contributed by atoms with E-state index in [9.17, 15) is 14.4 Å². The first kappa shape index (κ1) is 19.5. The summed E-state index contributed by atoms with van der Waals surface area (Å²) >= 11 is 0. The number of hydrogen-bond acceptors (Lipinski definition) is 3. The van der Waals surface area contributed by atoms with Gasteiger partial charge in [-0.25, -0.2) is 0 Å². The summed E-state index contributed by atoms with van der Waals surface area (Å²) in [7, 11) is 0. The molecule has 2 saturated heterocycles. The van der Waals surface area contributed by atoms with Gasteiger partial charge in [-0.1, -0.05) is 20.4 Å². The van der Waals surface area contributed by atoms with Crippen molar-refractivity contribution in [3.63, 3.8) is 0 Å². The van der Waals surface area contributed by atoms with E-state index in [1.807, 2.05) is 4.90 Å². The molecule has 0 atom stereocenters. The molecule has 0 aromatic rings. The summed E-state index contributed by atoms with van der Waals surface area (Å²) < 4.78 is 0. The van der Waals surface area contributed by atoms with Crippen molar-refractivity contribution in [3.8, 4) is 0 Å². The molecular weight excluding hydrogens is 318 g/mol. The fourth-order valence-corrected chi connectivity index (χ4v) is 3.55. The summed E-state index contributed by atoms with van der Waals surface area (Å²) in [6.45, 7) is 10.9. The van der Waals surface area contributed by atoms with E-state index in [0.717, 1.165) is 12.8 Å². The second-order valence-corrected chi connectivity index (χ2v) is 7.54. The van der Waals surface area contributed by atoms with Crippen molar-refractivity contribution in [1.29, 1.82) is 0 Å². The third-order valence-electron chi connectivity index (χ3n) is 5.19. The number of carbonyl (C=O) groups excluding carboxylic acids is 3. The molecule has 0 saturated carbocycles. The Labute approximate surface area is 150 Å². The Morgan fingerprint density at radius 3 is 2.04 bits per heavy atom. The number of likely N-dealkylation sites (tertiary alicyclic amines) is 2. The number of rotatable bonds is 5. The van der Waals surface area contributed by atoms with Gasteiger partial charge in [0, 0.05) is 44.6 Å². The molecule has 0 unspecified atom stereocenters. The van der Waals surface area contributed by atoms with E-state index in [1.54, 1.807) is 4.90 Å². The van der Waals surface area contributed by atoms with Crippen LogP contribution >= 0.6 is 0 Å². The van der Waals surface area contributed by atoms with E-state index in [0.29, 0.717) is 51.5 Å². The summed E-state index contributed by atoms with van der Waals surface area (Å²) in [5.74, 6) is 0.724. The summed E-state index contributed by atoms with van der Waals surface area (Å²) in [4.78, 5) is 40.1. The van der Waals surface area contributed by atoms with E-state index in [2.05, 4.69) is 25.7 Å². The number of amides is 3. The number of nitrogens with one attached hydrogen (secondary N) is 1. The Kier molecular flexibility index (Phi) is 7.02. The van der Waals surface area contributed by atoms with E-state index in [1.165, 1.54) is 6.08 Å². The van der Waals surface area contributed by atoms with Gasteiger partial charge in [0.15, 0.2) is 0 Å². The van der Waals surface area contributed by atoms with Crippen molar-refractivity contribution in [2.24, 2.45) is 17.8 Å². The lowest BCUT2D eigenvalue weighted by molar-refractivity contribution is -0.141. The van der Waals surface area contributed by atoms with Gasteiger partial charge in [-0.05, 0) is 37.7 Å². The molecule has 3 amide bonds. The molecule has 6 nitrogen and oxygen atoms in total. The molecule has 140 valence electrons. The lowest BCUT2D eigenvalue weighted by Crippen LogP contribution is -2.48. The lowest BCUT2D eigenvalue weighted by Gasteiger charge is -2.36. The fraction of sp³-hybridized carbons (Fsp3) is 0.737. The Morgan fingerprint density at radius 1 is 1.00 bits per heavy atom. The molecule has 2 aliphatic rings. The van der Waals surface area contributed by atoms with Gasteiger partial charge in [0.05, 0.1) is 0 Å². The predicted octanol–water partition coefficient (Wildman–Crippen LogP) is 1.42. The zero-order valence-corrected chi connectivity index (χ0v) is 15.5. The number of nitrogens with zero attached hydrogens (tertiary/aromatic N) is 2. The van der Waals surface area contributed by atoms with Gasteiger partial charge in [0.1, 0.15) is 0 Å². The van der Waals surface area contributed by atoms with Crippen LogP contribution in [0.25, 0.3) is 0 Å². The minimum atomic E-state index is -0.0564. The van der Waals surface area contributed by atoms with Gasteiger partial charge in [0.25, 0.3) is 0 Å². The zero-order chi connectivity index (χ0) is 18.4. The molecule has 2 heterocycles. The Bertz CT molecular complexity index is 502. The largest absolute Gasteiger partial charge is 0.356 e. The fourth-order valence-electron chi connectivity index (χ4n) is 3.55. The van der Waals surface area contributed by atoms with Crippen LogP contribution in [0.15, 0.2) is 12.7 Å². The van der Waals surface area contributed by atoms with Gasteiger partial charge in [0.2, 0.25) is 17.7 Å². The number of piperidine rings is 2. The average Bonchev–Trinajstić information content (AvgIpc) is 2.65. The van der Waals surface area contributed by atoms with Crippen LogP contribution in [0, 0.1) is 17.8 Å². The highest BCUT2D eigenvalue weighted by Crippen LogP contribution is 2.24. The van der Waals surface area contributed by atoms with Crippen LogP contribution in [0.1, 0.15) is 39.5 Å². The normalized spacial score (nSPS) is 19.8. The van der Waals surface area contributed by atoms with Crippen molar-refractivity contribution >= 4 is 17.7 Å². The third-order valence-corrected chi connectivity index (χ3v) is 5.19. The maximum absolute atomic E-state index is 12.7. The number of hydrogen-bond donors (Lipinski definition) is 1. The van der Waals surface area contributed by atoms with Gasteiger partial charge in [-0.2, -0.15) is 0 Å². The second-order valence-electron chi connectivity index (χ2n) is 7.54. The smallest absolute Gasteiger partial charge is 0.245 e. The summed E-state index contributed by atoms with van der Waals surface area (Å²) in [6, 6.07) is 0. The lowest BCUT2D eigenvalue weighted by atomic mass is 9.91. The van der Waals surface area contributed by atoms with Crippen molar-refractivity contribution in [2.75, 3.05) is 32.7 Å². The molecule has 6 heteroatoms. The molecule has 0 spiro atoms. The van der Waals surface area contributed by atoms with Crippen LogP contribution in [0.3, 0.4) is 0 Å². The second kappa shape index (κ2) is 9.02. The monoisotopic (exact) mass is 349 g/mol. The van der Waals surface area contributed by atoms with E-state index < -0.39 is 0 Å². The molecular formula is C19H31N3O3. The van der Waals surface area contributed by atoms with Crippen molar-refractivity contribution in [1.82, 2.24) is 15.1 Å². The molecule has 0 bridgehead atoms. The summed E-state index contributed by atoms with van der Waals surface area (Å²) in [6.07, 6.45) is 4.24. The van der Waals surface area contributed by atoms with Crippen LogP contribution in [-0.2, 0) is 14.4 Å². The molecule has 0 radical (unpaired) electrons. The van der Waals surface area contributed by atoms with Gasteiger partial charge in [-0.15, -0.1) is 0 Å². The first-order valence-corrected chi connectivity index (χ1v) is 9.40. The average molecular weight is 349 g/mol. The highest BCUT2D eigenvalue weighted by molar-refractivity contribution is 5.87. The van der Waals surface area contributed by atoms with Gasteiger partial charge < -0.3 is 15.1 Å². The molecule has 2 rings (SSSR count). The third kappa shape index (κ3) is 5.31. The minimum absolute atomic E-state index is 0.000169. The Morgan fingerprint density at radius 2 is 1.52 bits per heavy atom. The first-order valence-electron chi connectivity index (χ1n) is 9.40. The number of carbonyl (C=O) groups is 3. The molecule has 2 fully saturated rings. The molecule has 25 heavy (non-hydrogen) atoms. The highest BCUT2D eigenvalue weighted by Gasteiger charge is 2.33. The summed E-state index contributed by atoms with van der Waals surface area (Å²) in [5.41, 5.74) is 0. The van der Waals surface area contributed by atoms with Crippen LogP contribution < -0.4 is 5.32 Å². The van der Waals surface area contributed by atoms with Crippen LogP contribution in [0.4, 0.5) is 0 Å². The Hall–Kier alpha value is -1.85. The van der Waals surface area contributed by atoms with Crippen molar-refractivity contribution in [2.45, 2.75) is 39.5 Å². The van der Waals surface area contributed by atoms with Gasteiger partial charge >= 0.3 is 0 Å². The van der Waals surface area contributed by atoms with E-state index in [4.69, 9.17) is 0 Å². The van der Waals surface area contributed by atoms with Crippen molar-refractivity contribution < 1.29 is 14.4 Å². The predicted molar refractivity (Wildman–Crippen MR) is 96.7 cm³/mol. The Balaban J connectivity index is 1.75. The van der Waals surface area contributed by atoms with Crippen LogP contribution in [-0.4, -0.2) is 60.2 Å². The minimum Gasteiger partial charge on any atom is -0.356 e. The summed E-state index contributed by atoms with van der Waals surface area (Å²) in [5, 5.41) is 2.99. The van der Waals surface area contributed by atoms with Gasteiger partial charge in [-0.3, -0.25) is 14.4 Å². The zero-order valence-electron chi connectivity index (χ0n) is 15.5. The first-order chi connectivity index (χ1) is 11.9. The maximum Gasteiger partial charge on any atom is 0.245 e. The topological polar surface area (TPSA) is 69.7 Å².